The van der Waals surface area contributed by atoms with Crippen LogP contribution in [0.3, 0.4) is 0 Å². The van der Waals surface area contributed by atoms with Crippen LogP contribution in [0.1, 0.15) is 5.56 Å². The van der Waals surface area contributed by atoms with E-state index in [2.05, 4.69) is 0 Å². The molecule has 0 spiro atoms. The maximum atomic E-state index is 10.5. The molecule has 0 aromatic heterocycles. The van der Waals surface area contributed by atoms with Crippen molar-refractivity contribution in [2.75, 3.05) is 0 Å². The molecule has 8 heteroatoms. The Kier molecular flexibility index (Phi) is 6.11. The van der Waals surface area contributed by atoms with E-state index in [1.165, 1.54) is 12.1 Å². The molecule has 0 saturated heterocycles. The summed E-state index contributed by atoms with van der Waals surface area (Å²) in [5, 5.41) is 10.1. The second-order valence-electron chi connectivity index (χ2n) is 2.59. The molecule has 0 aliphatic carbocycles. The third kappa shape index (κ3) is 5.16. The van der Waals surface area contributed by atoms with Gasteiger partial charge in [0, 0.05) is 10.5 Å². The van der Waals surface area contributed by atoms with Gasteiger partial charge < -0.3 is 4.55 Å². The molecule has 0 bridgehead atoms. The van der Waals surface area contributed by atoms with Crippen LogP contribution in [0.2, 0.25) is 0 Å². The number of nitrogens with zero attached hydrogens (tertiary/aromatic N) is 1. The Morgan fingerprint density at radius 2 is 1.67 bits per heavy atom. The van der Waals surface area contributed by atoms with E-state index >= 15 is 0 Å². The molecule has 1 aromatic rings. The molecule has 15 heavy (non-hydrogen) atoms. The van der Waals surface area contributed by atoms with E-state index in [0.29, 0.717) is 5.56 Å². The van der Waals surface area contributed by atoms with Crippen molar-refractivity contribution in [3.8, 4) is 0 Å². The quantitative estimate of drug-likeness (QED) is 0.254. The van der Waals surface area contributed by atoms with Gasteiger partial charge in [0.15, 0.2) is 0 Å². The van der Waals surface area contributed by atoms with Crippen LogP contribution in [0.15, 0.2) is 29.2 Å². The molecule has 0 amide bonds. The standard InChI is InChI=1S/C7H7NO5S.K/c9-8(10)5-6-1-3-7(4-2-6)14(11,12)13;/h1-4H,5H2,(H,11,12,13);/q;+1/p-1. The van der Waals surface area contributed by atoms with Crippen LogP contribution in [0, 0.1) is 10.1 Å². The van der Waals surface area contributed by atoms with Gasteiger partial charge in [0.2, 0.25) is 6.54 Å². The van der Waals surface area contributed by atoms with E-state index in [9.17, 15) is 23.1 Å². The maximum Gasteiger partial charge on any atom is 1.00 e. The van der Waals surface area contributed by atoms with Crippen molar-refractivity contribution in [3.63, 3.8) is 0 Å². The van der Waals surface area contributed by atoms with E-state index in [1.807, 2.05) is 0 Å². The van der Waals surface area contributed by atoms with Gasteiger partial charge in [0.1, 0.15) is 10.1 Å². The minimum atomic E-state index is -4.47. The molecule has 6 nitrogen and oxygen atoms in total. The predicted octanol–water partition coefficient (Wildman–Crippen LogP) is -2.63. The Hall–Kier alpha value is 0.166. The number of rotatable bonds is 3. The molecular weight excluding hydrogens is 249 g/mol. The molecule has 0 aliphatic rings. The fourth-order valence-electron chi connectivity index (χ4n) is 0.911. The van der Waals surface area contributed by atoms with Crippen LogP contribution < -0.4 is 51.4 Å². The van der Waals surface area contributed by atoms with Crippen LogP contribution in [0.5, 0.6) is 0 Å². The zero-order chi connectivity index (χ0) is 10.8. The summed E-state index contributed by atoms with van der Waals surface area (Å²) >= 11 is 0. The van der Waals surface area contributed by atoms with Crippen LogP contribution in [-0.4, -0.2) is 17.9 Å². The summed E-state index contributed by atoms with van der Waals surface area (Å²) in [7, 11) is -4.47. The fourth-order valence-corrected chi connectivity index (χ4v) is 1.38. The summed E-state index contributed by atoms with van der Waals surface area (Å²) in [6, 6.07) is 4.60. The average molecular weight is 255 g/mol. The zero-order valence-electron chi connectivity index (χ0n) is 7.91. The summed E-state index contributed by atoms with van der Waals surface area (Å²) in [6.45, 7) is -0.390. The third-order valence-electron chi connectivity index (χ3n) is 1.52. The first kappa shape index (κ1) is 15.2. The van der Waals surface area contributed by atoms with Gasteiger partial charge in [0.05, 0.1) is 4.90 Å². The Morgan fingerprint density at radius 1 is 1.20 bits per heavy atom. The normalized spacial score (nSPS) is 10.5. The second-order valence-corrected chi connectivity index (χ2v) is 3.97. The molecule has 0 saturated carbocycles. The van der Waals surface area contributed by atoms with E-state index in [1.54, 1.807) is 0 Å². The summed E-state index contributed by atoms with van der Waals surface area (Å²) in [5.74, 6) is 0. The molecule has 1 rings (SSSR count). The molecule has 0 unspecified atom stereocenters. The number of hydrogen-bond acceptors (Lipinski definition) is 5. The average Bonchev–Trinajstić information content (AvgIpc) is 2.02. The van der Waals surface area contributed by atoms with E-state index in [4.69, 9.17) is 0 Å². The monoisotopic (exact) mass is 255 g/mol. The molecular formula is C7H6KNO5S. The molecule has 0 N–H and O–H groups in total. The van der Waals surface area contributed by atoms with Crippen molar-refractivity contribution in [1.82, 2.24) is 0 Å². The van der Waals surface area contributed by atoms with E-state index in [0.717, 1.165) is 12.1 Å². The number of nitro groups is 1. The smallest absolute Gasteiger partial charge is 0.744 e. The summed E-state index contributed by atoms with van der Waals surface area (Å²) < 4.78 is 31.4. The SMILES string of the molecule is O=[N+]([O-])Cc1ccc(S(=O)(=O)[O-])cc1.[K+]. The van der Waals surface area contributed by atoms with Crippen molar-refractivity contribution in [2.45, 2.75) is 11.4 Å². The van der Waals surface area contributed by atoms with Crippen molar-refractivity contribution in [3.05, 3.63) is 39.9 Å². The van der Waals surface area contributed by atoms with Gasteiger partial charge >= 0.3 is 51.4 Å². The summed E-state index contributed by atoms with van der Waals surface area (Å²) in [4.78, 5) is 9.15. The first-order valence-electron chi connectivity index (χ1n) is 3.56. The van der Waals surface area contributed by atoms with Crippen LogP contribution >= 0.6 is 0 Å². The van der Waals surface area contributed by atoms with Gasteiger partial charge in [0.25, 0.3) is 0 Å². The molecule has 76 valence electrons. The van der Waals surface area contributed by atoms with Gasteiger partial charge in [-0.15, -0.1) is 0 Å². The first-order chi connectivity index (χ1) is 6.39. The van der Waals surface area contributed by atoms with Gasteiger partial charge in [-0.25, -0.2) is 8.42 Å². The fraction of sp³-hybridized carbons (Fsp3) is 0.143. The van der Waals surface area contributed by atoms with E-state index in [-0.39, 0.29) is 62.8 Å². The van der Waals surface area contributed by atoms with Crippen molar-refractivity contribution in [1.29, 1.82) is 0 Å². The second kappa shape index (κ2) is 6.04. The first-order valence-corrected chi connectivity index (χ1v) is 4.97. The summed E-state index contributed by atoms with van der Waals surface area (Å²) in [5.41, 5.74) is 0.349. The Balaban J connectivity index is 0.00000196. The van der Waals surface area contributed by atoms with Crippen LogP contribution in [-0.2, 0) is 16.7 Å². The minimum Gasteiger partial charge on any atom is -0.744 e. The van der Waals surface area contributed by atoms with Crippen LogP contribution in [0.4, 0.5) is 0 Å². The summed E-state index contributed by atoms with van der Waals surface area (Å²) in [6.07, 6.45) is 0. The van der Waals surface area contributed by atoms with Gasteiger partial charge in [-0.05, 0) is 12.1 Å². The van der Waals surface area contributed by atoms with Crippen molar-refractivity contribution >= 4 is 10.1 Å². The Labute approximate surface area is 129 Å². The molecule has 0 fully saturated rings. The third-order valence-corrected chi connectivity index (χ3v) is 2.37. The largest absolute Gasteiger partial charge is 1.00 e. The molecule has 0 aliphatic heterocycles. The van der Waals surface area contributed by atoms with Gasteiger partial charge in [-0.2, -0.15) is 0 Å². The van der Waals surface area contributed by atoms with Crippen LogP contribution in [0.25, 0.3) is 0 Å². The Bertz CT molecular complexity index is 441. The molecule has 0 atom stereocenters. The molecule has 1 aromatic carbocycles. The minimum absolute atomic E-state index is 0. The van der Waals surface area contributed by atoms with E-state index < -0.39 is 15.0 Å². The Morgan fingerprint density at radius 3 is 2.00 bits per heavy atom. The topological polar surface area (TPSA) is 100 Å². The maximum absolute atomic E-state index is 10.5. The van der Waals surface area contributed by atoms with Crippen molar-refractivity contribution in [2.24, 2.45) is 0 Å². The number of hydrogen-bond donors (Lipinski definition) is 0. The van der Waals surface area contributed by atoms with Crippen molar-refractivity contribution < 1.29 is 69.3 Å². The van der Waals surface area contributed by atoms with Gasteiger partial charge in [-0.1, -0.05) is 12.1 Å². The zero-order valence-corrected chi connectivity index (χ0v) is 11.9. The molecule has 0 heterocycles. The molecule has 0 radical (unpaired) electrons. The number of benzene rings is 1. The predicted molar refractivity (Wildman–Crippen MR) is 45.1 cm³/mol. The van der Waals surface area contributed by atoms with Gasteiger partial charge in [-0.3, -0.25) is 10.1 Å².